The highest BCUT2D eigenvalue weighted by atomic mass is 16.5. The molecular weight excluding hydrogens is 284 g/mol. The lowest BCUT2D eigenvalue weighted by atomic mass is 9.83. The van der Waals surface area contributed by atoms with E-state index < -0.39 is 5.92 Å². The molecule has 2 aromatic rings. The first-order valence-corrected chi connectivity index (χ1v) is 6.60. The van der Waals surface area contributed by atoms with E-state index in [1.807, 2.05) is 6.07 Å². The number of hydrogen-bond donors (Lipinski definition) is 3. The summed E-state index contributed by atoms with van der Waals surface area (Å²) in [5.74, 6) is 0.293. The average molecular weight is 298 g/mol. The van der Waals surface area contributed by atoms with Crippen molar-refractivity contribution in [2.24, 2.45) is 5.73 Å². The van der Waals surface area contributed by atoms with Crippen LogP contribution in [0.4, 0.5) is 0 Å². The molecule has 0 spiro atoms. The van der Waals surface area contributed by atoms with E-state index >= 15 is 0 Å². The molecule has 1 atom stereocenters. The lowest BCUT2D eigenvalue weighted by Gasteiger charge is -2.26. The summed E-state index contributed by atoms with van der Waals surface area (Å²) >= 11 is 0. The van der Waals surface area contributed by atoms with Crippen LogP contribution in [0.2, 0.25) is 0 Å². The summed E-state index contributed by atoms with van der Waals surface area (Å²) in [5, 5.41) is 14.7. The fourth-order valence-electron chi connectivity index (χ4n) is 2.72. The molecule has 7 nitrogen and oxygen atoms in total. The molecule has 1 unspecified atom stereocenters. The van der Waals surface area contributed by atoms with Crippen LogP contribution in [0.3, 0.4) is 0 Å². The van der Waals surface area contributed by atoms with Crippen LogP contribution in [0.25, 0.3) is 0 Å². The van der Waals surface area contributed by atoms with Crippen LogP contribution in [0.15, 0.2) is 34.4 Å². The monoisotopic (exact) mass is 298 g/mol. The van der Waals surface area contributed by atoms with Gasteiger partial charge in [-0.1, -0.05) is 12.1 Å². The second kappa shape index (κ2) is 5.00. The highest BCUT2D eigenvalue weighted by molar-refractivity contribution is 5.60. The summed E-state index contributed by atoms with van der Waals surface area (Å²) in [6.45, 7) is 1.76. The number of rotatable bonds is 2. The molecule has 0 bridgehead atoms. The molecule has 1 aliphatic rings. The van der Waals surface area contributed by atoms with Crippen LogP contribution >= 0.6 is 0 Å². The van der Waals surface area contributed by atoms with Gasteiger partial charge in [0.25, 0.3) is 5.56 Å². The van der Waals surface area contributed by atoms with Crippen LogP contribution in [-0.4, -0.2) is 17.3 Å². The Balaban J connectivity index is 2.33. The van der Waals surface area contributed by atoms with Gasteiger partial charge in [-0.25, -0.2) is 0 Å². The van der Waals surface area contributed by atoms with Crippen LogP contribution in [-0.2, 0) is 0 Å². The molecule has 1 aromatic heterocycles. The number of para-hydroxylation sites is 1. The number of nitriles is 1. The van der Waals surface area contributed by atoms with E-state index in [0.29, 0.717) is 28.3 Å². The van der Waals surface area contributed by atoms with Gasteiger partial charge in [0, 0.05) is 11.3 Å². The van der Waals surface area contributed by atoms with E-state index in [1.54, 1.807) is 25.1 Å². The Kier molecular flexibility index (Phi) is 3.14. The van der Waals surface area contributed by atoms with Crippen molar-refractivity contribution in [2.45, 2.75) is 12.8 Å². The van der Waals surface area contributed by atoms with E-state index in [1.165, 1.54) is 7.11 Å². The van der Waals surface area contributed by atoms with Crippen molar-refractivity contribution < 1.29 is 9.47 Å². The zero-order valence-corrected chi connectivity index (χ0v) is 12.1. The Hall–Kier alpha value is -3.14. The number of aromatic nitrogens is 2. The van der Waals surface area contributed by atoms with E-state index in [4.69, 9.17) is 15.2 Å². The van der Waals surface area contributed by atoms with Crippen molar-refractivity contribution in [3.05, 3.63) is 56.8 Å². The van der Waals surface area contributed by atoms with Crippen molar-refractivity contribution in [2.75, 3.05) is 7.11 Å². The Morgan fingerprint density at radius 2 is 2.18 bits per heavy atom. The average Bonchev–Trinajstić information content (AvgIpc) is 2.84. The van der Waals surface area contributed by atoms with E-state index in [-0.39, 0.29) is 17.0 Å². The topological polar surface area (TPSA) is 117 Å². The number of nitrogens with two attached hydrogens (primary N) is 1. The van der Waals surface area contributed by atoms with Gasteiger partial charge in [-0.05, 0) is 13.0 Å². The zero-order chi connectivity index (χ0) is 15.9. The first-order valence-electron chi connectivity index (χ1n) is 6.60. The van der Waals surface area contributed by atoms with Gasteiger partial charge in [0.05, 0.1) is 18.6 Å². The van der Waals surface area contributed by atoms with Gasteiger partial charge in [-0.2, -0.15) is 5.26 Å². The second-order valence-electron chi connectivity index (χ2n) is 4.92. The predicted octanol–water partition coefficient (Wildman–Crippen LogP) is 1.24. The van der Waals surface area contributed by atoms with Gasteiger partial charge in [-0.3, -0.25) is 9.89 Å². The summed E-state index contributed by atoms with van der Waals surface area (Å²) < 4.78 is 10.8. The number of H-pyrrole nitrogens is 2. The number of aromatic amines is 2. The first kappa shape index (κ1) is 13.8. The van der Waals surface area contributed by atoms with Crippen molar-refractivity contribution >= 4 is 0 Å². The van der Waals surface area contributed by atoms with E-state index in [2.05, 4.69) is 10.2 Å². The maximum atomic E-state index is 12.1. The fourth-order valence-corrected chi connectivity index (χ4v) is 2.72. The molecule has 0 radical (unpaired) electrons. The standard InChI is InChI=1S/C15H14N4O3/c1-7-11(15(20)19-18-7)12-8-4-3-5-10(21-2)13(8)22-14(17)9(12)6-16/h3-5,12H,17H2,1-2H3,(H2,18,19,20). The lowest BCUT2D eigenvalue weighted by molar-refractivity contribution is 0.344. The van der Waals surface area contributed by atoms with E-state index in [0.717, 1.165) is 0 Å². The Morgan fingerprint density at radius 1 is 1.41 bits per heavy atom. The Bertz CT molecular complexity index is 870. The third-order valence-corrected chi connectivity index (χ3v) is 3.73. The number of nitrogens with one attached hydrogen (secondary N) is 2. The maximum Gasteiger partial charge on any atom is 0.268 e. The summed E-state index contributed by atoms with van der Waals surface area (Å²) in [4.78, 5) is 12.1. The van der Waals surface area contributed by atoms with Gasteiger partial charge in [0.15, 0.2) is 11.5 Å². The van der Waals surface area contributed by atoms with Gasteiger partial charge in [0.1, 0.15) is 11.6 Å². The van der Waals surface area contributed by atoms with Crippen molar-refractivity contribution in [1.82, 2.24) is 10.2 Å². The third kappa shape index (κ3) is 1.85. The Morgan fingerprint density at radius 3 is 2.77 bits per heavy atom. The van der Waals surface area contributed by atoms with Gasteiger partial charge >= 0.3 is 0 Å². The maximum absolute atomic E-state index is 12.1. The minimum atomic E-state index is -0.598. The summed E-state index contributed by atoms with van der Waals surface area (Å²) in [7, 11) is 1.52. The molecule has 3 rings (SSSR count). The van der Waals surface area contributed by atoms with Crippen molar-refractivity contribution in [3.63, 3.8) is 0 Å². The third-order valence-electron chi connectivity index (χ3n) is 3.73. The quantitative estimate of drug-likeness (QED) is 0.771. The molecule has 0 amide bonds. The summed E-state index contributed by atoms with van der Waals surface area (Å²) in [6.07, 6.45) is 0. The van der Waals surface area contributed by atoms with Crippen LogP contribution in [0, 0.1) is 18.3 Å². The molecule has 2 heterocycles. The van der Waals surface area contributed by atoms with Crippen molar-refractivity contribution in [3.8, 4) is 17.6 Å². The molecular formula is C15H14N4O3. The summed E-state index contributed by atoms with van der Waals surface area (Å²) in [6, 6.07) is 7.35. The number of benzene rings is 1. The minimum absolute atomic E-state index is 0.0236. The van der Waals surface area contributed by atoms with Gasteiger partial charge in [0.2, 0.25) is 5.88 Å². The largest absolute Gasteiger partial charge is 0.493 e. The van der Waals surface area contributed by atoms with Gasteiger partial charge < -0.3 is 20.3 Å². The van der Waals surface area contributed by atoms with Crippen LogP contribution in [0.5, 0.6) is 11.5 Å². The molecule has 112 valence electrons. The fraction of sp³-hybridized carbons (Fsp3) is 0.200. The number of methoxy groups -OCH3 is 1. The molecule has 0 fully saturated rings. The highest BCUT2D eigenvalue weighted by Gasteiger charge is 2.35. The highest BCUT2D eigenvalue weighted by Crippen LogP contribution is 2.45. The molecule has 1 aliphatic heterocycles. The molecule has 22 heavy (non-hydrogen) atoms. The zero-order valence-electron chi connectivity index (χ0n) is 12.1. The van der Waals surface area contributed by atoms with Gasteiger partial charge in [-0.15, -0.1) is 0 Å². The van der Waals surface area contributed by atoms with Crippen LogP contribution in [0.1, 0.15) is 22.7 Å². The number of hydrogen-bond acceptors (Lipinski definition) is 5. The molecule has 1 aromatic carbocycles. The summed E-state index contributed by atoms with van der Waals surface area (Å²) in [5.41, 5.74) is 7.54. The lowest BCUT2D eigenvalue weighted by Crippen LogP contribution is -2.24. The normalized spacial score (nSPS) is 16.7. The SMILES string of the molecule is COc1cccc2c1OC(N)=C(C#N)C2c1c(C)[nH][nH]c1=O. The Labute approximate surface area is 126 Å². The van der Waals surface area contributed by atoms with Crippen LogP contribution < -0.4 is 20.8 Å². The number of nitrogens with zero attached hydrogens (tertiary/aromatic N) is 1. The number of ether oxygens (including phenoxy) is 2. The smallest absolute Gasteiger partial charge is 0.268 e. The number of fused-ring (bicyclic) bond motifs is 1. The molecule has 4 N–H and O–H groups in total. The molecule has 7 heteroatoms. The van der Waals surface area contributed by atoms with E-state index in [9.17, 15) is 10.1 Å². The predicted molar refractivity (Wildman–Crippen MR) is 78.4 cm³/mol. The molecule has 0 aliphatic carbocycles. The molecule has 0 saturated heterocycles. The molecule has 0 saturated carbocycles. The number of aryl methyl sites for hydroxylation is 1. The first-order chi connectivity index (χ1) is 10.6. The minimum Gasteiger partial charge on any atom is -0.493 e. The van der Waals surface area contributed by atoms with Crippen molar-refractivity contribution in [1.29, 1.82) is 5.26 Å². The second-order valence-corrected chi connectivity index (χ2v) is 4.92. The number of allylic oxidation sites excluding steroid dienone is 1.